The van der Waals surface area contributed by atoms with Crippen LogP contribution in [0.2, 0.25) is 0 Å². The fourth-order valence-electron chi connectivity index (χ4n) is 3.08. The number of carbonyl (C=O) groups is 1. The molecule has 0 bridgehead atoms. The number of hydrogen-bond acceptors (Lipinski definition) is 7. The zero-order valence-electron chi connectivity index (χ0n) is 17.5. The smallest absolute Gasteiger partial charge is 0.414 e. The lowest BCUT2D eigenvalue weighted by molar-refractivity contribution is -0.137. The Bertz CT molecular complexity index is 1330. The van der Waals surface area contributed by atoms with Gasteiger partial charge in [-0.05, 0) is 24.3 Å². The minimum absolute atomic E-state index is 0. The van der Waals surface area contributed by atoms with Crippen LogP contribution in [-0.4, -0.2) is 45.1 Å². The molecular formula is C22H21F3N6O2. The quantitative estimate of drug-likeness (QED) is 0.474. The lowest BCUT2D eigenvalue weighted by Crippen LogP contribution is -2.21. The zero-order chi connectivity index (χ0) is 23.8. The van der Waals surface area contributed by atoms with Gasteiger partial charge in [-0.1, -0.05) is 24.3 Å². The fourth-order valence-corrected chi connectivity index (χ4v) is 3.08. The van der Waals surface area contributed by atoms with Gasteiger partial charge in [0.05, 0.1) is 23.0 Å². The van der Waals surface area contributed by atoms with Gasteiger partial charge in [0.2, 0.25) is 5.89 Å². The van der Waals surface area contributed by atoms with E-state index >= 15 is 0 Å². The highest BCUT2D eigenvalue weighted by Gasteiger charge is 2.35. The van der Waals surface area contributed by atoms with Crippen molar-refractivity contribution in [3.63, 3.8) is 0 Å². The van der Waals surface area contributed by atoms with Crippen molar-refractivity contribution in [2.24, 2.45) is 0 Å². The number of rotatable bonds is 4. The van der Waals surface area contributed by atoms with Crippen LogP contribution in [0.25, 0.3) is 34.3 Å². The molecule has 0 aliphatic heterocycles. The number of nitrogen functional groups attached to an aromatic ring is 1. The summed E-state index contributed by atoms with van der Waals surface area (Å²) < 4.78 is 45.5. The van der Waals surface area contributed by atoms with Crippen molar-refractivity contribution in [1.29, 1.82) is 0 Å². The summed E-state index contributed by atoms with van der Waals surface area (Å²) in [7, 11) is 3.31. The summed E-state index contributed by atoms with van der Waals surface area (Å²) in [5, 5.41) is 7.57. The van der Waals surface area contributed by atoms with Crippen LogP contribution in [0.3, 0.4) is 0 Å². The number of nitrogens with two attached hydrogens (primary N) is 1. The number of anilines is 1. The second-order valence-corrected chi connectivity index (χ2v) is 7.22. The highest BCUT2D eigenvalue weighted by molar-refractivity contribution is 5.94. The third kappa shape index (κ3) is 4.38. The van der Waals surface area contributed by atoms with E-state index in [-0.39, 0.29) is 37.6 Å². The van der Waals surface area contributed by atoms with E-state index in [9.17, 15) is 18.0 Å². The highest BCUT2D eigenvalue weighted by Crippen LogP contribution is 2.37. The van der Waals surface area contributed by atoms with Crippen molar-refractivity contribution in [2.75, 3.05) is 19.8 Å². The normalized spacial score (nSPS) is 11.4. The summed E-state index contributed by atoms with van der Waals surface area (Å²) in [6.45, 7) is 0. The van der Waals surface area contributed by atoms with E-state index in [1.807, 2.05) is 0 Å². The maximum atomic E-state index is 13.3. The Kier molecular flexibility index (Phi) is 5.54. The van der Waals surface area contributed by atoms with Crippen molar-refractivity contribution in [2.45, 2.75) is 6.18 Å². The molecule has 2 N–H and O–H groups in total. The summed E-state index contributed by atoms with van der Waals surface area (Å²) in [6.07, 6.45) is -3.16. The molecule has 4 rings (SSSR count). The third-order valence-electron chi connectivity index (χ3n) is 4.73. The van der Waals surface area contributed by atoms with Gasteiger partial charge in [0.25, 0.3) is 11.8 Å². The molecule has 0 aliphatic rings. The molecule has 0 atom stereocenters. The Labute approximate surface area is 188 Å². The molecule has 8 nitrogen and oxygen atoms in total. The molecule has 172 valence electrons. The van der Waals surface area contributed by atoms with E-state index in [0.717, 1.165) is 6.07 Å². The van der Waals surface area contributed by atoms with Crippen LogP contribution in [0, 0.1) is 0 Å². The molecule has 1 amide bonds. The number of benzene rings is 2. The van der Waals surface area contributed by atoms with Gasteiger partial charge >= 0.3 is 6.18 Å². The average molecular weight is 458 g/mol. The highest BCUT2D eigenvalue weighted by atomic mass is 19.4. The van der Waals surface area contributed by atoms with Crippen molar-refractivity contribution in [3.8, 4) is 34.3 Å². The molecular weight excluding hydrogens is 437 g/mol. The van der Waals surface area contributed by atoms with Crippen LogP contribution in [-0.2, 0) is 6.18 Å². The molecule has 33 heavy (non-hydrogen) atoms. The first kappa shape index (κ1) is 21.9. The van der Waals surface area contributed by atoms with E-state index in [1.165, 1.54) is 29.3 Å². The van der Waals surface area contributed by atoms with E-state index < -0.39 is 11.7 Å². The van der Waals surface area contributed by atoms with Crippen molar-refractivity contribution < 1.29 is 25.2 Å². The topological polar surface area (TPSA) is 111 Å². The monoisotopic (exact) mass is 458 g/mol. The molecule has 0 saturated carbocycles. The first-order valence-electron chi connectivity index (χ1n) is 9.60. The standard InChI is InChI=1S/C22H17F3N6O2.2H2/c1-31(2)21(32)13-9-7-12(8-10-13)16-11-27-18(26)17(28-16)20-30-29-19(33-20)14-5-3-4-6-15(14)22(23,24)25;;/h3-11H,1-2H3,(H2,26,27);2*1H. The molecule has 2 aromatic heterocycles. The number of hydrogen-bond donors (Lipinski definition) is 1. The molecule has 0 aliphatic carbocycles. The summed E-state index contributed by atoms with van der Waals surface area (Å²) >= 11 is 0. The third-order valence-corrected chi connectivity index (χ3v) is 4.73. The van der Waals surface area contributed by atoms with E-state index in [1.54, 1.807) is 38.4 Å². The van der Waals surface area contributed by atoms with E-state index in [4.69, 9.17) is 10.2 Å². The Morgan fingerprint density at radius 1 is 1.03 bits per heavy atom. The van der Waals surface area contributed by atoms with Gasteiger partial charge in [-0.2, -0.15) is 13.2 Å². The summed E-state index contributed by atoms with van der Waals surface area (Å²) in [5.41, 5.74) is 6.32. The van der Waals surface area contributed by atoms with Crippen LogP contribution in [0.4, 0.5) is 19.0 Å². The van der Waals surface area contributed by atoms with Crippen molar-refractivity contribution in [3.05, 3.63) is 65.9 Å². The minimum Gasteiger partial charge on any atom is -0.414 e. The van der Waals surface area contributed by atoms with E-state index in [0.29, 0.717) is 16.8 Å². The van der Waals surface area contributed by atoms with Gasteiger partial charge in [0, 0.05) is 28.1 Å². The minimum atomic E-state index is -4.59. The number of alkyl halides is 3. The SMILES string of the molecule is CN(C)C(=O)c1ccc(-c2cnc(N)c(-c3nnc(-c4ccccc4C(F)(F)F)o3)n2)cc1.[HH].[HH]. The lowest BCUT2D eigenvalue weighted by Gasteiger charge is -2.10. The van der Waals surface area contributed by atoms with Gasteiger partial charge in [-0.15, -0.1) is 10.2 Å². The number of carbonyl (C=O) groups excluding carboxylic acids is 1. The number of nitrogens with zero attached hydrogens (tertiary/aromatic N) is 5. The predicted molar refractivity (Wildman–Crippen MR) is 118 cm³/mol. The molecule has 4 aromatic rings. The van der Waals surface area contributed by atoms with Crippen LogP contribution in [0.15, 0.2) is 59.1 Å². The van der Waals surface area contributed by atoms with Gasteiger partial charge in [0.15, 0.2) is 11.5 Å². The molecule has 11 heteroatoms. The maximum absolute atomic E-state index is 13.3. The fraction of sp³-hybridized carbons (Fsp3) is 0.136. The van der Waals surface area contributed by atoms with Crippen molar-refractivity contribution in [1.82, 2.24) is 25.1 Å². The molecule has 2 heterocycles. The second-order valence-electron chi connectivity index (χ2n) is 7.22. The van der Waals surface area contributed by atoms with Crippen LogP contribution >= 0.6 is 0 Å². The Hall–Kier alpha value is -4.28. The predicted octanol–water partition coefficient (Wildman–Crippen LogP) is 4.66. The summed E-state index contributed by atoms with van der Waals surface area (Å²) in [6, 6.07) is 11.6. The molecule has 0 spiro atoms. The largest absolute Gasteiger partial charge is 0.417 e. The first-order valence-corrected chi connectivity index (χ1v) is 9.60. The van der Waals surface area contributed by atoms with Gasteiger partial charge in [0.1, 0.15) is 0 Å². The molecule has 0 radical (unpaired) electrons. The molecule has 0 fully saturated rings. The number of aromatic nitrogens is 4. The van der Waals surface area contributed by atoms with Gasteiger partial charge in [-0.25, -0.2) is 9.97 Å². The maximum Gasteiger partial charge on any atom is 0.417 e. The average Bonchev–Trinajstić information content (AvgIpc) is 3.28. The lowest BCUT2D eigenvalue weighted by atomic mass is 10.1. The van der Waals surface area contributed by atoms with Crippen LogP contribution in [0.1, 0.15) is 18.8 Å². The zero-order valence-corrected chi connectivity index (χ0v) is 17.5. The van der Waals surface area contributed by atoms with Crippen molar-refractivity contribution >= 4 is 11.7 Å². The summed E-state index contributed by atoms with van der Waals surface area (Å²) in [5.74, 6) is -0.676. The Balaban J connectivity index is 0.00000216. The van der Waals surface area contributed by atoms with Crippen LogP contribution < -0.4 is 5.73 Å². The second kappa shape index (κ2) is 8.34. The first-order chi connectivity index (χ1) is 15.6. The summed E-state index contributed by atoms with van der Waals surface area (Å²) in [4.78, 5) is 22.0. The van der Waals surface area contributed by atoms with E-state index in [2.05, 4.69) is 20.2 Å². The van der Waals surface area contributed by atoms with Gasteiger partial charge < -0.3 is 15.1 Å². The number of amides is 1. The Morgan fingerprint density at radius 3 is 2.36 bits per heavy atom. The molecule has 2 aromatic carbocycles. The molecule has 0 unspecified atom stereocenters. The molecule has 0 saturated heterocycles. The van der Waals surface area contributed by atoms with Gasteiger partial charge in [-0.3, -0.25) is 4.79 Å². The number of halogens is 3. The Morgan fingerprint density at radius 2 is 1.70 bits per heavy atom. The van der Waals surface area contributed by atoms with Crippen LogP contribution in [0.5, 0.6) is 0 Å².